The molecule has 4 N–H and O–H groups in total. The fourth-order valence-corrected chi connectivity index (χ4v) is 3.97. The minimum absolute atomic E-state index is 0.0725. The molecule has 2 atom stereocenters. The van der Waals surface area contributed by atoms with Crippen LogP contribution in [0.25, 0.3) is 11.1 Å². The van der Waals surface area contributed by atoms with Crippen molar-refractivity contribution in [3.8, 4) is 11.1 Å². The molecule has 10 heteroatoms. The zero-order valence-electron chi connectivity index (χ0n) is 17.3. The maximum Gasteiger partial charge on any atom is 0.407 e. The number of carbonyl (C=O) groups is 1. The van der Waals surface area contributed by atoms with Gasteiger partial charge in [-0.05, 0) is 22.3 Å². The van der Waals surface area contributed by atoms with Gasteiger partial charge in [0.15, 0.2) is 0 Å². The van der Waals surface area contributed by atoms with Gasteiger partial charge in [0.05, 0.1) is 16.7 Å². The van der Waals surface area contributed by atoms with Crippen molar-refractivity contribution in [2.75, 3.05) is 13.2 Å². The molecule has 1 aliphatic carbocycles. The van der Waals surface area contributed by atoms with E-state index in [1.54, 1.807) is 0 Å². The van der Waals surface area contributed by atoms with Gasteiger partial charge in [0.25, 0.3) is 11.2 Å². The fourth-order valence-electron chi connectivity index (χ4n) is 3.97. The van der Waals surface area contributed by atoms with Crippen molar-refractivity contribution in [3.63, 3.8) is 0 Å². The Morgan fingerprint density at radius 1 is 1.12 bits per heavy atom. The van der Waals surface area contributed by atoms with Crippen molar-refractivity contribution in [2.45, 2.75) is 18.1 Å². The van der Waals surface area contributed by atoms with Gasteiger partial charge in [0, 0.05) is 18.5 Å². The van der Waals surface area contributed by atoms with Gasteiger partial charge >= 0.3 is 6.09 Å². The summed E-state index contributed by atoms with van der Waals surface area (Å²) in [6, 6.07) is 16.6. The monoisotopic (exact) mass is 451 g/mol. The second kappa shape index (κ2) is 9.23. The highest BCUT2D eigenvalue weighted by atomic mass is 16.6. The van der Waals surface area contributed by atoms with Crippen molar-refractivity contribution in [2.24, 2.45) is 0 Å². The summed E-state index contributed by atoms with van der Waals surface area (Å²) >= 11 is 0. The number of nitrogens with zero attached hydrogens (tertiary/aromatic N) is 1. The SMILES string of the molecule is O=C(NCC(O)C(O)c1cc([N+](=O)[O-])c[nH]c1=O)OCC1c2ccccc2-c2ccccc21. The number of hydrogen-bond acceptors (Lipinski definition) is 7. The Bertz CT molecular complexity index is 1210. The number of nitrogens with one attached hydrogen (secondary N) is 2. The number of carbonyl (C=O) groups excluding carboxylic acids is 1. The summed E-state index contributed by atoms with van der Waals surface area (Å²) in [5.41, 5.74) is 2.66. The number of hydrogen-bond donors (Lipinski definition) is 4. The number of H-pyrrole nitrogens is 1. The van der Waals surface area contributed by atoms with Gasteiger partial charge in [0.2, 0.25) is 0 Å². The number of nitro groups is 1. The molecule has 2 aromatic carbocycles. The normalized spacial score (nSPS) is 14.1. The summed E-state index contributed by atoms with van der Waals surface area (Å²) < 4.78 is 5.35. The van der Waals surface area contributed by atoms with E-state index in [0.29, 0.717) is 0 Å². The van der Waals surface area contributed by atoms with E-state index in [-0.39, 0.29) is 18.1 Å². The maximum absolute atomic E-state index is 12.2. The molecule has 0 spiro atoms. The van der Waals surface area contributed by atoms with Gasteiger partial charge in [0.1, 0.15) is 18.8 Å². The predicted octanol–water partition coefficient (Wildman–Crippen LogP) is 2.22. The second-order valence-corrected chi connectivity index (χ2v) is 7.62. The lowest BCUT2D eigenvalue weighted by Gasteiger charge is -2.18. The Hall–Kier alpha value is -4.02. The van der Waals surface area contributed by atoms with Gasteiger partial charge in [-0.25, -0.2) is 4.79 Å². The Morgan fingerprint density at radius 2 is 1.73 bits per heavy atom. The van der Waals surface area contributed by atoms with Crippen molar-refractivity contribution < 1.29 is 24.7 Å². The lowest BCUT2D eigenvalue weighted by Crippen LogP contribution is -2.37. The van der Waals surface area contributed by atoms with E-state index in [1.165, 1.54) is 0 Å². The summed E-state index contributed by atoms with van der Waals surface area (Å²) in [7, 11) is 0. The number of pyridine rings is 1. The molecule has 33 heavy (non-hydrogen) atoms. The highest BCUT2D eigenvalue weighted by Crippen LogP contribution is 2.44. The van der Waals surface area contributed by atoms with Gasteiger partial charge in [-0.3, -0.25) is 14.9 Å². The number of ether oxygens (including phenoxy) is 1. The highest BCUT2D eigenvalue weighted by molar-refractivity contribution is 5.79. The van der Waals surface area contributed by atoms with Gasteiger partial charge < -0.3 is 25.3 Å². The molecule has 10 nitrogen and oxygen atoms in total. The molecule has 0 radical (unpaired) electrons. The van der Waals surface area contributed by atoms with Gasteiger partial charge in [-0.15, -0.1) is 0 Å². The molecule has 0 saturated heterocycles. The molecule has 1 amide bonds. The van der Waals surface area contributed by atoms with Crippen molar-refractivity contribution in [3.05, 3.63) is 98.0 Å². The van der Waals surface area contributed by atoms with Crippen LogP contribution in [0, 0.1) is 10.1 Å². The van der Waals surface area contributed by atoms with E-state index in [2.05, 4.69) is 10.3 Å². The Morgan fingerprint density at radius 3 is 2.33 bits per heavy atom. The minimum atomic E-state index is -1.75. The van der Waals surface area contributed by atoms with Crippen LogP contribution in [-0.4, -0.2) is 45.5 Å². The fraction of sp³-hybridized carbons (Fsp3) is 0.217. The quantitative estimate of drug-likeness (QED) is 0.317. The van der Waals surface area contributed by atoms with Gasteiger partial charge in [-0.2, -0.15) is 0 Å². The lowest BCUT2D eigenvalue weighted by molar-refractivity contribution is -0.385. The molecule has 0 fully saturated rings. The molecule has 4 rings (SSSR count). The van der Waals surface area contributed by atoms with Crippen molar-refractivity contribution >= 4 is 11.8 Å². The van der Waals surface area contributed by atoms with Crippen molar-refractivity contribution in [1.29, 1.82) is 0 Å². The Kier molecular flexibility index (Phi) is 6.20. The number of aliphatic hydroxyl groups excluding tert-OH is 2. The number of benzene rings is 2. The van der Waals surface area contributed by atoms with Crippen LogP contribution in [0.15, 0.2) is 65.6 Å². The summed E-state index contributed by atoms with van der Waals surface area (Å²) in [6.07, 6.45) is -3.26. The number of alkyl carbamates (subject to hydrolysis) is 1. The Labute approximate surface area is 187 Å². The number of aromatic nitrogens is 1. The lowest BCUT2D eigenvalue weighted by atomic mass is 9.98. The zero-order chi connectivity index (χ0) is 23.5. The molecule has 170 valence electrons. The molecule has 1 heterocycles. The number of aliphatic hydroxyl groups is 2. The first-order valence-corrected chi connectivity index (χ1v) is 10.2. The zero-order valence-corrected chi connectivity index (χ0v) is 17.3. The first-order chi connectivity index (χ1) is 15.9. The molecule has 1 aromatic heterocycles. The van der Waals surface area contributed by atoms with Gasteiger partial charge in [-0.1, -0.05) is 48.5 Å². The number of aromatic amines is 1. The molecule has 1 aliphatic rings. The minimum Gasteiger partial charge on any atom is -0.449 e. The molecular weight excluding hydrogens is 430 g/mol. The molecule has 0 bridgehead atoms. The number of fused-ring (bicyclic) bond motifs is 3. The summed E-state index contributed by atoms with van der Waals surface area (Å²) in [5, 5.41) is 33.6. The van der Waals surface area contributed by atoms with E-state index in [1.807, 2.05) is 48.5 Å². The summed E-state index contributed by atoms with van der Waals surface area (Å²) in [5.74, 6) is -0.137. The largest absolute Gasteiger partial charge is 0.449 e. The van der Waals surface area contributed by atoms with E-state index >= 15 is 0 Å². The first-order valence-electron chi connectivity index (χ1n) is 10.2. The number of amides is 1. The molecular formula is C23H21N3O7. The average Bonchev–Trinajstić information content (AvgIpc) is 3.14. The van der Waals surface area contributed by atoms with Crippen LogP contribution in [0.3, 0.4) is 0 Å². The summed E-state index contributed by atoms with van der Waals surface area (Å²) in [6.45, 7) is -0.358. The Balaban J connectivity index is 1.36. The third kappa shape index (κ3) is 4.47. The standard InChI is InChI=1S/C23H21N3O7/c27-20(21(28)18-9-13(26(31)32)10-24-22(18)29)11-25-23(30)33-12-19-16-7-3-1-5-14(16)15-6-2-4-8-17(15)19/h1-10,19-21,27-28H,11-12H2,(H,24,29)(H,25,30). The third-order valence-electron chi connectivity index (χ3n) is 5.61. The molecule has 0 saturated carbocycles. The van der Waals surface area contributed by atoms with Crippen LogP contribution < -0.4 is 10.9 Å². The highest BCUT2D eigenvalue weighted by Gasteiger charge is 2.29. The van der Waals surface area contributed by atoms with Crippen LogP contribution >= 0.6 is 0 Å². The smallest absolute Gasteiger partial charge is 0.407 e. The van der Waals surface area contributed by atoms with E-state index in [9.17, 15) is 29.9 Å². The van der Waals surface area contributed by atoms with Crippen LogP contribution in [0.1, 0.15) is 28.7 Å². The van der Waals surface area contributed by atoms with Crippen LogP contribution in [0.4, 0.5) is 10.5 Å². The topological polar surface area (TPSA) is 155 Å². The first kappa shape index (κ1) is 22.2. The molecule has 2 unspecified atom stereocenters. The van der Waals surface area contributed by atoms with E-state index in [4.69, 9.17) is 4.74 Å². The average molecular weight is 451 g/mol. The number of rotatable bonds is 7. The molecule has 3 aromatic rings. The maximum atomic E-state index is 12.2. The van der Waals surface area contributed by atoms with Crippen LogP contribution in [0.2, 0.25) is 0 Å². The van der Waals surface area contributed by atoms with Crippen LogP contribution in [-0.2, 0) is 4.74 Å². The van der Waals surface area contributed by atoms with E-state index < -0.39 is 41.0 Å². The predicted molar refractivity (Wildman–Crippen MR) is 118 cm³/mol. The third-order valence-corrected chi connectivity index (χ3v) is 5.61. The molecule has 0 aliphatic heterocycles. The van der Waals surface area contributed by atoms with Crippen LogP contribution in [0.5, 0.6) is 0 Å². The van der Waals surface area contributed by atoms with E-state index in [0.717, 1.165) is 34.5 Å². The summed E-state index contributed by atoms with van der Waals surface area (Å²) in [4.78, 5) is 36.3. The second-order valence-electron chi connectivity index (χ2n) is 7.62. The van der Waals surface area contributed by atoms with Crippen molar-refractivity contribution in [1.82, 2.24) is 10.3 Å².